The van der Waals surface area contributed by atoms with Gasteiger partial charge in [-0.2, -0.15) is 4.98 Å². The summed E-state index contributed by atoms with van der Waals surface area (Å²) in [6.07, 6.45) is 4.31. The van der Waals surface area contributed by atoms with Crippen molar-refractivity contribution in [2.24, 2.45) is 0 Å². The van der Waals surface area contributed by atoms with E-state index in [2.05, 4.69) is 27.2 Å². The Bertz CT molecular complexity index is 418. The van der Waals surface area contributed by atoms with Gasteiger partial charge in [-0.3, -0.25) is 5.32 Å². The van der Waals surface area contributed by atoms with E-state index < -0.39 is 0 Å². The predicted octanol–water partition coefficient (Wildman–Crippen LogP) is 2.01. The zero-order valence-electron chi connectivity index (χ0n) is 8.16. The monoisotopic (exact) mass is 192 g/mol. The molecule has 14 heavy (non-hydrogen) atoms. The van der Waals surface area contributed by atoms with Crippen LogP contribution in [-0.2, 0) is 6.42 Å². The molecule has 0 aliphatic rings. The SMILES string of the molecule is CCc1cnc(Nc2nc(C)co2)[nH]1. The molecule has 0 aliphatic carbocycles. The van der Waals surface area contributed by atoms with Crippen LogP contribution in [0.25, 0.3) is 0 Å². The van der Waals surface area contributed by atoms with Gasteiger partial charge in [-0.05, 0) is 13.3 Å². The highest BCUT2D eigenvalue weighted by molar-refractivity contribution is 5.40. The second-order valence-electron chi connectivity index (χ2n) is 3.03. The van der Waals surface area contributed by atoms with E-state index in [1.807, 2.05) is 6.92 Å². The van der Waals surface area contributed by atoms with Gasteiger partial charge in [-0.15, -0.1) is 0 Å². The molecule has 0 aromatic carbocycles. The summed E-state index contributed by atoms with van der Waals surface area (Å²) in [5.74, 6) is 0.656. The first-order valence-electron chi connectivity index (χ1n) is 4.51. The molecule has 0 fully saturated rings. The Balaban J connectivity index is 2.10. The first kappa shape index (κ1) is 8.80. The van der Waals surface area contributed by atoms with Gasteiger partial charge in [0.2, 0.25) is 5.95 Å². The van der Waals surface area contributed by atoms with Gasteiger partial charge in [-0.25, -0.2) is 4.98 Å². The van der Waals surface area contributed by atoms with Gasteiger partial charge in [0, 0.05) is 5.69 Å². The molecule has 5 nitrogen and oxygen atoms in total. The van der Waals surface area contributed by atoms with Crippen molar-refractivity contribution in [1.82, 2.24) is 15.0 Å². The van der Waals surface area contributed by atoms with E-state index >= 15 is 0 Å². The topological polar surface area (TPSA) is 66.7 Å². The lowest BCUT2D eigenvalue weighted by atomic mass is 10.4. The first-order chi connectivity index (χ1) is 6.78. The van der Waals surface area contributed by atoms with Gasteiger partial charge in [0.15, 0.2) is 0 Å². The third kappa shape index (κ3) is 1.76. The maximum Gasteiger partial charge on any atom is 0.301 e. The molecule has 2 heterocycles. The number of oxazole rings is 1. The number of imidazole rings is 1. The van der Waals surface area contributed by atoms with Crippen molar-refractivity contribution in [3.8, 4) is 0 Å². The molecule has 74 valence electrons. The second-order valence-corrected chi connectivity index (χ2v) is 3.03. The van der Waals surface area contributed by atoms with Gasteiger partial charge >= 0.3 is 6.01 Å². The molecule has 2 N–H and O–H groups in total. The lowest BCUT2D eigenvalue weighted by Crippen LogP contribution is -1.92. The molecule has 0 atom stereocenters. The fraction of sp³-hybridized carbons (Fsp3) is 0.333. The summed E-state index contributed by atoms with van der Waals surface area (Å²) in [6.45, 7) is 3.93. The highest BCUT2D eigenvalue weighted by Gasteiger charge is 2.03. The Hall–Kier alpha value is -1.78. The molecule has 2 aromatic heterocycles. The Morgan fingerprint density at radius 2 is 2.43 bits per heavy atom. The minimum absolute atomic E-state index is 0.458. The van der Waals surface area contributed by atoms with Crippen LogP contribution in [0.3, 0.4) is 0 Å². The molecule has 0 radical (unpaired) electrons. The van der Waals surface area contributed by atoms with E-state index in [-0.39, 0.29) is 0 Å². The van der Waals surface area contributed by atoms with Crippen molar-refractivity contribution >= 4 is 12.0 Å². The van der Waals surface area contributed by atoms with Crippen molar-refractivity contribution < 1.29 is 4.42 Å². The van der Waals surface area contributed by atoms with Crippen LogP contribution in [0.2, 0.25) is 0 Å². The molecule has 5 heteroatoms. The molecule has 0 unspecified atom stereocenters. The van der Waals surface area contributed by atoms with Gasteiger partial charge in [-0.1, -0.05) is 6.92 Å². The molecule has 0 saturated carbocycles. The van der Waals surface area contributed by atoms with Crippen LogP contribution >= 0.6 is 0 Å². The number of aryl methyl sites for hydroxylation is 2. The quantitative estimate of drug-likeness (QED) is 0.780. The van der Waals surface area contributed by atoms with Crippen LogP contribution in [0, 0.1) is 6.92 Å². The summed E-state index contributed by atoms with van der Waals surface area (Å²) in [5, 5.41) is 2.94. The summed E-state index contributed by atoms with van der Waals surface area (Å²) in [7, 11) is 0. The number of rotatable bonds is 3. The Kier molecular flexibility index (Phi) is 2.22. The molecular weight excluding hydrogens is 180 g/mol. The van der Waals surface area contributed by atoms with E-state index in [0.29, 0.717) is 12.0 Å². The molecule has 0 spiro atoms. The van der Waals surface area contributed by atoms with Crippen molar-refractivity contribution in [3.63, 3.8) is 0 Å². The highest BCUT2D eigenvalue weighted by Crippen LogP contribution is 2.12. The summed E-state index contributed by atoms with van der Waals surface area (Å²) in [5.41, 5.74) is 1.92. The summed E-state index contributed by atoms with van der Waals surface area (Å²) in [6, 6.07) is 0.458. The van der Waals surface area contributed by atoms with E-state index in [4.69, 9.17) is 4.42 Å². The first-order valence-corrected chi connectivity index (χ1v) is 4.51. The number of nitrogens with one attached hydrogen (secondary N) is 2. The highest BCUT2D eigenvalue weighted by atomic mass is 16.4. The Labute approximate surface area is 81.6 Å². The average molecular weight is 192 g/mol. The number of hydrogen-bond donors (Lipinski definition) is 2. The number of aromatic nitrogens is 3. The van der Waals surface area contributed by atoms with Crippen LogP contribution in [0.5, 0.6) is 0 Å². The summed E-state index contributed by atoms with van der Waals surface area (Å²) in [4.78, 5) is 11.3. The van der Waals surface area contributed by atoms with Crippen LogP contribution in [0.15, 0.2) is 16.9 Å². The van der Waals surface area contributed by atoms with Crippen molar-refractivity contribution in [3.05, 3.63) is 23.8 Å². The molecule has 2 rings (SSSR count). The molecule has 0 aliphatic heterocycles. The summed E-state index contributed by atoms with van der Waals surface area (Å²) < 4.78 is 5.13. The van der Waals surface area contributed by atoms with Gasteiger partial charge in [0.1, 0.15) is 6.26 Å². The number of aromatic amines is 1. The fourth-order valence-electron chi connectivity index (χ4n) is 1.11. The van der Waals surface area contributed by atoms with Gasteiger partial charge in [0.25, 0.3) is 0 Å². The molecule has 0 bridgehead atoms. The minimum Gasteiger partial charge on any atom is -0.432 e. The number of H-pyrrole nitrogens is 1. The van der Waals surface area contributed by atoms with Crippen LogP contribution in [-0.4, -0.2) is 15.0 Å². The summed E-state index contributed by atoms with van der Waals surface area (Å²) >= 11 is 0. The van der Waals surface area contributed by atoms with Gasteiger partial charge in [0.05, 0.1) is 11.9 Å². The van der Waals surface area contributed by atoms with Crippen molar-refractivity contribution in [2.75, 3.05) is 5.32 Å². The Morgan fingerprint density at radius 1 is 1.57 bits per heavy atom. The standard InChI is InChI=1S/C9H12N4O/c1-3-7-4-10-8(12-7)13-9-11-6(2)5-14-9/h4-5H,3H2,1-2H3,(H2,10,11,12,13). The third-order valence-corrected chi connectivity index (χ3v) is 1.85. The molecule has 2 aromatic rings. The zero-order valence-corrected chi connectivity index (χ0v) is 8.16. The molecular formula is C9H12N4O. The maximum atomic E-state index is 5.13. The zero-order chi connectivity index (χ0) is 9.97. The molecule has 0 amide bonds. The fourth-order valence-corrected chi connectivity index (χ4v) is 1.11. The number of anilines is 2. The minimum atomic E-state index is 0.458. The maximum absolute atomic E-state index is 5.13. The van der Waals surface area contributed by atoms with E-state index in [1.165, 1.54) is 0 Å². The average Bonchev–Trinajstić information content (AvgIpc) is 2.76. The largest absolute Gasteiger partial charge is 0.432 e. The van der Waals surface area contributed by atoms with E-state index in [9.17, 15) is 0 Å². The van der Waals surface area contributed by atoms with E-state index in [0.717, 1.165) is 17.8 Å². The van der Waals surface area contributed by atoms with E-state index in [1.54, 1.807) is 12.5 Å². The van der Waals surface area contributed by atoms with Gasteiger partial charge < -0.3 is 9.40 Å². The van der Waals surface area contributed by atoms with Crippen molar-refractivity contribution in [2.45, 2.75) is 20.3 Å². The van der Waals surface area contributed by atoms with Crippen LogP contribution in [0.4, 0.5) is 12.0 Å². The normalized spacial score (nSPS) is 10.4. The van der Waals surface area contributed by atoms with Crippen molar-refractivity contribution in [1.29, 1.82) is 0 Å². The third-order valence-electron chi connectivity index (χ3n) is 1.85. The lowest BCUT2D eigenvalue weighted by molar-refractivity contribution is 0.576. The predicted molar refractivity (Wildman–Crippen MR) is 52.5 cm³/mol. The Morgan fingerprint density at radius 3 is 3.00 bits per heavy atom. The number of nitrogens with zero attached hydrogens (tertiary/aromatic N) is 2. The number of hydrogen-bond acceptors (Lipinski definition) is 4. The van der Waals surface area contributed by atoms with Crippen LogP contribution < -0.4 is 5.32 Å². The second kappa shape index (κ2) is 3.53. The van der Waals surface area contributed by atoms with Crippen LogP contribution in [0.1, 0.15) is 18.3 Å². The smallest absolute Gasteiger partial charge is 0.301 e. The molecule has 0 saturated heterocycles. The lowest BCUT2D eigenvalue weighted by Gasteiger charge is -1.94.